The molecule has 4 aromatic rings. The number of benzene rings is 4. The van der Waals surface area contributed by atoms with Gasteiger partial charge < -0.3 is 10.0 Å². The number of rotatable bonds is 6. The van der Waals surface area contributed by atoms with Crippen LogP contribution in [0, 0.1) is 34.9 Å². The molecule has 4 aromatic carbocycles. The number of anilines is 3. The molecule has 2 aliphatic heterocycles. The first-order chi connectivity index (χ1) is 25.4. The lowest BCUT2D eigenvalue weighted by atomic mass is 9.51. The van der Waals surface area contributed by atoms with Crippen molar-refractivity contribution in [2.45, 2.75) is 25.7 Å². The summed E-state index contributed by atoms with van der Waals surface area (Å²) in [6.45, 7) is 1.76. The quantitative estimate of drug-likeness (QED) is 0.122. The molecule has 2 saturated heterocycles. The second-order valence-corrected chi connectivity index (χ2v) is 14.9. The van der Waals surface area contributed by atoms with Gasteiger partial charge in [-0.25, -0.2) is 9.29 Å². The number of amides is 4. The highest BCUT2D eigenvalue weighted by Crippen LogP contribution is 2.63. The standard InChI is InChI=1S/C41H35ClFN5O5/c1-41-32(38(51)48(40(41)53)27-14-19-34(43)33(42)20-27)21-31-29(36(41)22-4-15-28(49)16-5-22)17-18-30-35(31)39(52)47(37(30)50)26-12-8-24(9-13-26)45-44-23-6-10-25(11-7-23)46(2)3/h4-17,19-20,30-32,35-36,49H,18,21H2,1-3H3/t30-,31+,32-,35-,36-,41+/m0/s1. The molecule has 2 aliphatic carbocycles. The van der Waals surface area contributed by atoms with Gasteiger partial charge in [-0.05, 0) is 110 Å². The van der Waals surface area contributed by atoms with E-state index in [-0.39, 0.29) is 41.1 Å². The Balaban J connectivity index is 1.12. The van der Waals surface area contributed by atoms with Gasteiger partial charge in [-0.3, -0.25) is 24.1 Å². The average Bonchev–Trinajstić information content (AvgIpc) is 3.52. The summed E-state index contributed by atoms with van der Waals surface area (Å²) in [7, 11) is 3.91. The van der Waals surface area contributed by atoms with Crippen LogP contribution >= 0.6 is 11.6 Å². The molecule has 10 nitrogen and oxygen atoms in total. The van der Waals surface area contributed by atoms with Crippen LogP contribution in [0.25, 0.3) is 0 Å². The van der Waals surface area contributed by atoms with E-state index in [1.54, 1.807) is 43.3 Å². The number of carbonyl (C=O) groups excluding carboxylic acids is 4. The maximum absolute atomic E-state index is 14.5. The zero-order chi connectivity index (χ0) is 37.3. The van der Waals surface area contributed by atoms with Crippen molar-refractivity contribution < 1.29 is 28.7 Å². The fourth-order valence-electron chi connectivity index (χ4n) is 8.79. The Morgan fingerprint density at radius 3 is 2.04 bits per heavy atom. The van der Waals surface area contributed by atoms with E-state index in [0.29, 0.717) is 22.6 Å². The third-order valence-electron chi connectivity index (χ3n) is 11.4. The SMILES string of the molecule is CN(C)c1ccc(N=Nc2ccc(N3C(=O)[C@H]4[C@H](CC=C5[C@H]4C[C@H]4C(=O)N(c6ccc(F)c(Cl)c6)C(=O)[C@@]4(C)[C@H]5c4ccc(O)cc4)C3=O)cc2)cc1. The number of phenols is 1. The number of phenolic OH excluding ortho intramolecular Hbond substituents is 1. The van der Waals surface area contributed by atoms with Crippen LogP contribution in [0.15, 0.2) is 113 Å². The van der Waals surface area contributed by atoms with Crippen molar-refractivity contribution in [2.75, 3.05) is 28.8 Å². The molecule has 8 rings (SSSR count). The van der Waals surface area contributed by atoms with E-state index in [1.165, 1.54) is 29.2 Å². The van der Waals surface area contributed by atoms with Crippen LogP contribution in [-0.4, -0.2) is 42.8 Å². The summed E-state index contributed by atoms with van der Waals surface area (Å²) < 4.78 is 14.1. The van der Waals surface area contributed by atoms with Crippen molar-refractivity contribution in [2.24, 2.45) is 39.3 Å². The van der Waals surface area contributed by atoms with Gasteiger partial charge in [0.05, 0.1) is 50.9 Å². The van der Waals surface area contributed by atoms with Crippen molar-refractivity contribution in [3.05, 3.63) is 119 Å². The third-order valence-corrected chi connectivity index (χ3v) is 11.7. The van der Waals surface area contributed by atoms with Gasteiger partial charge in [0.15, 0.2) is 0 Å². The maximum Gasteiger partial charge on any atom is 0.241 e. The average molecular weight is 732 g/mol. The van der Waals surface area contributed by atoms with E-state index in [0.717, 1.165) is 22.2 Å². The van der Waals surface area contributed by atoms with E-state index in [4.69, 9.17) is 11.6 Å². The number of fused-ring (bicyclic) bond motifs is 4. The second-order valence-electron chi connectivity index (χ2n) is 14.5. The zero-order valence-corrected chi connectivity index (χ0v) is 29.9. The van der Waals surface area contributed by atoms with E-state index in [1.807, 2.05) is 49.3 Å². The Kier molecular flexibility index (Phi) is 8.29. The van der Waals surface area contributed by atoms with Crippen molar-refractivity contribution >= 4 is 63.7 Å². The minimum atomic E-state index is -1.28. The predicted molar refractivity (Wildman–Crippen MR) is 198 cm³/mol. The lowest BCUT2D eigenvalue weighted by Crippen LogP contribution is -2.48. The molecule has 1 N–H and O–H groups in total. The lowest BCUT2D eigenvalue weighted by Gasteiger charge is -2.49. The summed E-state index contributed by atoms with van der Waals surface area (Å²) in [4.78, 5) is 61.6. The Hall–Kier alpha value is -5.68. The number of hydrogen-bond acceptors (Lipinski definition) is 8. The number of nitrogens with zero attached hydrogens (tertiary/aromatic N) is 5. The van der Waals surface area contributed by atoms with Crippen LogP contribution in [-0.2, 0) is 19.2 Å². The molecule has 1 saturated carbocycles. The molecule has 6 atom stereocenters. The molecule has 268 valence electrons. The first kappa shape index (κ1) is 34.4. The van der Waals surface area contributed by atoms with Gasteiger partial charge in [0.25, 0.3) is 0 Å². The van der Waals surface area contributed by atoms with Crippen molar-refractivity contribution in [1.82, 2.24) is 0 Å². The molecular weight excluding hydrogens is 697 g/mol. The van der Waals surface area contributed by atoms with Crippen molar-refractivity contribution in [1.29, 1.82) is 0 Å². The fraction of sp³-hybridized carbons (Fsp3) is 0.268. The Bertz CT molecular complexity index is 2240. The van der Waals surface area contributed by atoms with Gasteiger partial charge in [0, 0.05) is 25.7 Å². The summed E-state index contributed by atoms with van der Waals surface area (Å²) in [5.41, 5.74) is 3.05. The highest BCUT2D eigenvalue weighted by atomic mass is 35.5. The fourth-order valence-corrected chi connectivity index (χ4v) is 8.96. The highest BCUT2D eigenvalue weighted by Gasteiger charge is 2.67. The van der Waals surface area contributed by atoms with Gasteiger partial charge in [-0.15, -0.1) is 0 Å². The normalized spacial score (nSPS) is 26.5. The first-order valence-electron chi connectivity index (χ1n) is 17.4. The summed E-state index contributed by atoms with van der Waals surface area (Å²) in [6, 6.07) is 24.6. The Morgan fingerprint density at radius 1 is 0.792 bits per heavy atom. The van der Waals surface area contributed by atoms with Crippen LogP contribution in [0.1, 0.15) is 31.2 Å². The highest BCUT2D eigenvalue weighted by molar-refractivity contribution is 6.32. The third kappa shape index (κ3) is 5.44. The summed E-state index contributed by atoms with van der Waals surface area (Å²) >= 11 is 6.09. The smallest absolute Gasteiger partial charge is 0.241 e. The molecule has 0 aromatic heterocycles. The molecule has 4 amide bonds. The number of carbonyl (C=O) groups is 4. The number of hydrogen-bond donors (Lipinski definition) is 1. The van der Waals surface area contributed by atoms with Gasteiger partial charge in [-0.2, -0.15) is 10.2 Å². The minimum absolute atomic E-state index is 0.0373. The summed E-state index contributed by atoms with van der Waals surface area (Å²) in [5, 5.41) is 18.5. The van der Waals surface area contributed by atoms with Gasteiger partial charge >= 0.3 is 0 Å². The molecule has 12 heteroatoms. The number of imide groups is 2. The predicted octanol–water partition coefficient (Wildman–Crippen LogP) is 8.10. The minimum Gasteiger partial charge on any atom is -0.508 e. The Morgan fingerprint density at radius 2 is 1.42 bits per heavy atom. The molecule has 53 heavy (non-hydrogen) atoms. The van der Waals surface area contributed by atoms with Crippen LogP contribution in [0.5, 0.6) is 5.75 Å². The van der Waals surface area contributed by atoms with E-state index >= 15 is 0 Å². The molecule has 0 spiro atoms. The molecule has 4 aliphatic rings. The van der Waals surface area contributed by atoms with Crippen LogP contribution in [0.3, 0.4) is 0 Å². The molecular formula is C41H35ClFN5O5. The van der Waals surface area contributed by atoms with E-state index < -0.39 is 52.6 Å². The van der Waals surface area contributed by atoms with Gasteiger partial charge in [-0.1, -0.05) is 35.4 Å². The number of aromatic hydroxyl groups is 1. The van der Waals surface area contributed by atoms with Gasteiger partial charge in [0.2, 0.25) is 23.6 Å². The maximum atomic E-state index is 14.5. The molecule has 2 heterocycles. The van der Waals surface area contributed by atoms with Crippen LogP contribution in [0.4, 0.5) is 32.8 Å². The van der Waals surface area contributed by atoms with E-state index in [9.17, 15) is 28.7 Å². The molecule has 0 bridgehead atoms. The number of halogens is 2. The van der Waals surface area contributed by atoms with Crippen LogP contribution < -0.4 is 14.7 Å². The first-order valence-corrected chi connectivity index (χ1v) is 17.8. The van der Waals surface area contributed by atoms with E-state index in [2.05, 4.69) is 10.2 Å². The lowest BCUT2D eigenvalue weighted by molar-refractivity contribution is -0.131. The van der Waals surface area contributed by atoms with Crippen molar-refractivity contribution in [3.8, 4) is 5.75 Å². The summed E-state index contributed by atoms with van der Waals surface area (Å²) in [6.07, 6.45) is 2.41. The van der Waals surface area contributed by atoms with Gasteiger partial charge in [0.1, 0.15) is 11.6 Å². The van der Waals surface area contributed by atoms with Crippen molar-refractivity contribution in [3.63, 3.8) is 0 Å². The largest absolute Gasteiger partial charge is 0.508 e. The Labute approximate surface area is 310 Å². The monoisotopic (exact) mass is 731 g/mol. The van der Waals surface area contributed by atoms with Crippen LogP contribution in [0.2, 0.25) is 5.02 Å². The molecule has 3 fully saturated rings. The second kappa shape index (κ2) is 12.8. The molecule has 0 radical (unpaired) electrons. The number of allylic oxidation sites excluding steroid dienone is 2. The molecule has 0 unspecified atom stereocenters. The zero-order valence-electron chi connectivity index (χ0n) is 29.1. The number of azo groups is 1. The topological polar surface area (TPSA) is 123 Å². The summed E-state index contributed by atoms with van der Waals surface area (Å²) in [5.74, 6) is -5.70.